The molecular formula is C19H21ClO4. The number of aliphatic hydroxyl groups is 3. The first-order valence-electron chi connectivity index (χ1n) is 7.66. The summed E-state index contributed by atoms with van der Waals surface area (Å²) in [7, 11) is 0. The molecule has 3 N–H and O–H groups in total. The van der Waals surface area contributed by atoms with Crippen LogP contribution >= 0.6 is 11.6 Å². The lowest BCUT2D eigenvalue weighted by molar-refractivity contribution is -0.146. The Morgan fingerprint density at radius 1 is 1.04 bits per heavy atom. The molecular weight excluding hydrogens is 328 g/mol. The minimum Gasteiger partial charge on any atom is -0.387 e. The third kappa shape index (κ3) is 3.68. The van der Waals surface area contributed by atoms with Crippen LogP contribution in [0.4, 0.5) is 0 Å². The van der Waals surface area contributed by atoms with E-state index in [9.17, 15) is 20.1 Å². The van der Waals surface area contributed by atoms with E-state index in [0.717, 1.165) is 5.56 Å². The molecule has 2 rings (SSSR count). The Morgan fingerprint density at radius 3 is 2.12 bits per heavy atom. The van der Waals surface area contributed by atoms with Gasteiger partial charge in [-0.2, -0.15) is 0 Å². The fourth-order valence-corrected chi connectivity index (χ4v) is 3.18. The van der Waals surface area contributed by atoms with Gasteiger partial charge in [-0.25, -0.2) is 0 Å². The SMILES string of the molecule is Cc1ccccc1C(O)[C@@H](O)[C@@](O)(CC(=O)Cl)c1ccccc1C. The van der Waals surface area contributed by atoms with Crippen molar-refractivity contribution in [3.63, 3.8) is 0 Å². The van der Waals surface area contributed by atoms with Crippen molar-refractivity contribution in [3.05, 3.63) is 70.8 Å². The molecule has 0 bridgehead atoms. The third-order valence-electron chi connectivity index (χ3n) is 4.32. The zero-order chi connectivity index (χ0) is 17.9. The smallest absolute Gasteiger partial charge is 0.224 e. The zero-order valence-corrected chi connectivity index (χ0v) is 14.4. The van der Waals surface area contributed by atoms with Gasteiger partial charge in [0, 0.05) is 0 Å². The fraction of sp³-hybridized carbons (Fsp3) is 0.316. The fourth-order valence-electron chi connectivity index (χ4n) is 2.98. The molecule has 0 amide bonds. The molecule has 0 spiro atoms. The number of carbonyl (C=O) groups is 1. The van der Waals surface area contributed by atoms with Gasteiger partial charge in [0.15, 0.2) is 0 Å². The number of carbonyl (C=O) groups excluding carboxylic acids is 1. The first-order chi connectivity index (χ1) is 11.3. The second-order valence-corrected chi connectivity index (χ2v) is 6.44. The van der Waals surface area contributed by atoms with E-state index >= 15 is 0 Å². The second kappa shape index (κ2) is 7.45. The van der Waals surface area contributed by atoms with Crippen LogP contribution in [0.5, 0.6) is 0 Å². The van der Waals surface area contributed by atoms with E-state index in [1.807, 2.05) is 6.07 Å². The van der Waals surface area contributed by atoms with E-state index in [1.165, 1.54) is 0 Å². The molecule has 2 aromatic carbocycles. The first-order valence-corrected chi connectivity index (χ1v) is 8.03. The van der Waals surface area contributed by atoms with Crippen LogP contribution in [0.2, 0.25) is 0 Å². The molecule has 0 aliphatic heterocycles. The maximum Gasteiger partial charge on any atom is 0.224 e. The molecule has 0 aliphatic carbocycles. The number of halogens is 1. The van der Waals surface area contributed by atoms with E-state index in [4.69, 9.17) is 11.6 Å². The van der Waals surface area contributed by atoms with Gasteiger partial charge in [0.2, 0.25) is 5.24 Å². The molecule has 0 saturated heterocycles. The summed E-state index contributed by atoms with van der Waals surface area (Å²) in [5, 5.41) is 31.7. The normalized spacial score (nSPS) is 16.2. The third-order valence-corrected chi connectivity index (χ3v) is 4.45. The second-order valence-electron chi connectivity index (χ2n) is 6.02. The van der Waals surface area contributed by atoms with Gasteiger partial charge in [-0.3, -0.25) is 4.79 Å². The van der Waals surface area contributed by atoms with Crippen LogP contribution in [0.25, 0.3) is 0 Å². The zero-order valence-electron chi connectivity index (χ0n) is 13.6. The first kappa shape index (κ1) is 18.6. The molecule has 1 unspecified atom stereocenters. The van der Waals surface area contributed by atoms with Gasteiger partial charge in [-0.05, 0) is 47.7 Å². The minimum absolute atomic E-state index is 0.360. The summed E-state index contributed by atoms with van der Waals surface area (Å²) < 4.78 is 0. The van der Waals surface area contributed by atoms with Crippen LogP contribution in [-0.2, 0) is 10.4 Å². The van der Waals surface area contributed by atoms with E-state index in [1.54, 1.807) is 56.3 Å². The van der Waals surface area contributed by atoms with Crippen LogP contribution in [0.3, 0.4) is 0 Å². The van der Waals surface area contributed by atoms with E-state index < -0.39 is 29.5 Å². The Labute approximate surface area is 146 Å². The van der Waals surface area contributed by atoms with Crippen molar-refractivity contribution in [2.24, 2.45) is 0 Å². The topological polar surface area (TPSA) is 77.8 Å². The summed E-state index contributed by atoms with van der Waals surface area (Å²) in [4.78, 5) is 11.5. The highest BCUT2D eigenvalue weighted by Gasteiger charge is 2.44. The summed E-state index contributed by atoms with van der Waals surface area (Å²) in [6.45, 7) is 3.55. The lowest BCUT2D eigenvalue weighted by Gasteiger charge is -2.36. The molecule has 0 aromatic heterocycles. The van der Waals surface area contributed by atoms with Crippen LogP contribution in [0.15, 0.2) is 48.5 Å². The Hall–Kier alpha value is -1.72. The molecule has 128 valence electrons. The summed E-state index contributed by atoms with van der Waals surface area (Å²) in [6.07, 6.45) is -3.50. The van der Waals surface area contributed by atoms with Crippen molar-refractivity contribution >= 4 is 16.8 Å². The average Bonchev–Trinajstić information content (AvgIpc) is 2.53. The lowest BCUT2D eigenvalue weighted by Crippen LogP contribution is -2.45. The summed E-state index contributed by atoms with van der Waals surface area (Å²) >= 11 is 5.50. The van der Waals surface area contributed by atoms with Crippen LogP contribution < -0.4 is 0 Å². The standard InChI is InChI=1S/C19H21ClO4/c1-12-7-3-5-9-14(12)17(22)18(23)19(24,11-16(20)21)15-10-6-4-8-13(15)2/h3-10,17-18,22-24H,11H2,1-2H3/t17?,18-,19-/m1/s1. The van der Waals surface area contributed by atoms with Crippen LogP contribution in [0.1, 0.15) is 34.8 Å². The van der Waals surface area contributed by atoms with Gasteiger partial charge >= 0.3 is 0 Å². The Morgan fingerprint density at radius 2 is 1.58 bits per heavy atom. The van der Waals surface area contributed by atoms with Crippen molar-refractivity contribution in [1.82, 2.24) is 0 Å². The summed E-state index contributed by atoms with van der Waals surface area (Å²) in [6, 6.07) is 13.9. The molecule has 0 aliphatic rings. The summed E-state index contributed by atoms with van der Waals surface area (Å²) in [5.74, 6) is 0. The molecule has 0 heterocycles. The van der Waals surface area contributed by atoms with Crippen molar-refractivity contribution < 1.29 is 20.1 Å². The van der Waals surface area contributed by atoms with Gasteiger partial charge < -0.3 is 15.3 Å². The minimum atomic E-state index is -1.99. The molecule has 0 radical (unpaired) electrons. The van der Waals surface area contributed by atoms with E-state index in [0.29, 0.717) is 16.7 Å². The quantitative estimate of drug-likeness (QED) is 0.701. The largest absolute Gasteiger partial charge is 0.387 e. The number of aliphatic hydroxyl groups excluding tert-OH is 2. The van der Waals surface area contributed by atoms with Gasteiger partial charge in [0.25, 0.3) is 0 Å². The average molecular weight is 349 g/mol. The number of hydrogen-bond donors (Lipinski definition) is 3. The number of benzene rings is 2. The van der Waals surface area contributed by atoms with Crippen molar-refractivity contribution in [2.45, 2.75) is 38.1 Å². The molecule has 0 saturated carbocycles. The van der Waals surface area contributed by atoms with Crippen LogP contribution in [0, 0.1) is 13.8 Å². The Kier molecular flexibility index (Phi) is 5.78. The van der Waals surface area contributed by atoms with Gasteiger partial charge in [-0.15, -0.1) is 0 Å². The number of hydrogen-bond acceptors (Lipinski definition) is 4. The number of aryl methyl sites for hydroxylation is 2. The van der Waals surface area contributed by atoms with Crippen molar-refractivity contribution in [3.8, 4) is 0 Å². The maximum absolute atomic E-state index is 11.5. The van der Waals surface area contributed by atoms with Crippen molar-refractivity contribution in [1.29, 1.82) is 0 Å². The van der Waals surface area contributed by atoms with Crippen molar-refractivity contribution in [2.75, 3.05) is 0 Å². The molecule has 4 nitrogen and oxygen atoms in total. The molecule has 0 fully saturated rings. The van der Waals surface area contributed by atoms with Crippen LogP contribution in [-0.4, -0.2) is 26.7 Å². The van der Waals surface area contributed by atoms with E-state index in [2.05, 4.69) is 0 Å². The van der Waals surface area contributed by atoms with Gasteiger partial charge in [0.1, 0.15) is 17.8 Å². The van der Waals surface area contributed by atoms with E-state index in [-0.39, 0.29) is 0 Å². The molecule has 3 atom stereocenters. The highest BCUT2D eigenvalue weighted by atomic mass is 35.5. The highest BCUT2D eigenvalue weighted by molar-refractivity contribution is 6.63. The summed E-state index contributed by atoms with van der Waals surface area (Å²) in [5.41, 5.74) is 0.312. The molecule has 2 aromatic rings. The Balaban J connectivity index is 2.50. The predicted molar refractivity (Wildman–Crippen MR) is 92.7 cm³/mol. The van der Waals surface area contributed by atoms with Gasteiger partial charge in [0.05, 0.1) is 6.42 Å². The van der Waals surface area contributed by atoms with Gasteiger partial charge in [-0.1, -0.05) is 48.5 Å². The maximum atomic E-state index is 11.5. The lowest BCUT2D eigenvalue weighted by atomic mass is 9.79. The molecule has 24 heavy (non-hydrogen) atoms. The predicted octanol–water partition coefficient (Wildman–Crippen LogP) is 2.74. The highest BCUT2D eigenvalue weighted by Crippen LogP contribution is 2.38. The Bertz CT molecular complexity index is 731. The number of rotatable bonds is 6. The molecule has 5 heteroatoms. The monoisotopic (exact) mass is 348 g/mol.